The van der Waals surface area contributed by atoms with Crippen LogP contribution in [0.4, 0.5) is 0 Å². The highest BCUT2D eigenvalue weighted by molar-refractivity contribution is 5.89. The molecule has 2 aliphatic heterocycles. The van der Waals surface area contributed by atoms with E-state index in [1.807, 2.05) is 20.6 Å². The Balaban J connectivity index is 1.69. The molecule has 1 unspecified atom stereocenters. The van der Waals surface area contributed by atoms with Crippen molar-refractivity contribution in [2.45, 2.75) is 39.8 Å². The molecule has 3 rings (SSSR count). The number of fused-ring (bicyclic) bond motifs is 1. The third-order valence-corrected chi connectivity index (χ3v) is 4.59. The average Bonchev–Trinajstić information content (AvgIpc) is 3.03. The van der Waals surface area contributed by atoms with E-state index in [0.717, 1.165) is 12.1 Å². The van der Waals surface area contributed by atoms with Crippen LogP contribution < -0.4 is 0 Å². The number of carbonyl (C=O) groups excluding carboxylic acids is 2. The van der Waals surface area contributed by atoms with E-state index < -0.39 is 0 Å². The molecule has 1 saturated heterocycles. The van der Waals surface area contributed by atoms with Crippen molar-refractivity contribution in [2.75, 3.05) is 19.6 Å². The van der Waals surface area contributed by atoms with Crippen molar-refractivity contribution < 1.29 is 9.59 Å². The number of nitrogens with zero attached hydrogens (tertiary/aromatic N) is 5. The van der Waals surface area contributed by atoms with Gasteiger partial charge in [-0.15, -0.1) is 0 Å². The molecule has 0 radical (unpaired) electrons. The lowest BCUT2D eigenvalue weighted by Gasteiger charge is -2.24. The molecule has 0 N–H and O–H groups in total. The summed E-state index contributed by atoms with van der Waals surface area (Å²) in [5.41, 5.74) is 1.28. The van der Waals surface area contributed by atoms with Crippen LogP contribution in [0, 0.1) is 23.2 Å². The van der Waals surface area contributed by atoms with E-state index in [2.05, 4.69) is 18.9 Å². The number of hydrogen-bond acceptors (Lipinski definition) is 4. The van der Waals surface area contributed by atoms with E-state index in [0.29, 0.717) is 50.8 Å². The van der Waals surface area contributed by atoms with Crippen molar-refractivity contribution in [1.29, 1.82) is 5.26 Å². The van der Waals surface area contributed by atoms with Crippen molar-refractivity contribution in [3.05, 3.63) is 17.5 Å². The van der Waals surface area contributed by atoms with Gasteiger partial charge in [-0.1, -0.05) is 13.8 Å². The zero-order chi connectivity index (χ0) is 17.3. The number of nitriles is 1. The summed E-state index contributed by atoms with van der Waals surface area (Å²) in [5, 5.41) is 13.2. The fourth-order valence-electron chi connectivity index (χ4n) is 3.52. The monoisotopic (exact) mass is 329 g/mol. The predicted molar refractivity (Wildman–Crippen MR) is 86.5 cm³/mol. The molecule has 0 saturated carbocycles. The van der Waals surface area contributed by atoms with E-state index in [1.54, 1.807) is 6.07 Å². The highest BCUT2D eigenvalue weighted by Crippen LogP contribution is 2.23. The van der Waals surface area contributed by atoms with Crippen molar-refractivity contribution in [1.82, 2.24) is 19.6 Å². The van der Waals surface area contributed by atoms with Gasteiger partial charge in [0, 0.05) is 32.6 Å². The van der Waals surface area contributed by atoms with Crippen LogP contribution in [-0.2, 0) is 22.7 Å². The maximum atomic E-state index is 12.9. The molecule has 2 aliphatic rings. The fourth-order valence-corrected chi connectivity index (χ4v) is 3.52. The van der Waals surface area contributed by atoms with Gasteiger partial charge in [-0.3, -0.25) is 14.3 Å². The first kappa shape index (κ1) is 16.5. The molecular formula is C17H23N5O2. The lowest BCUT2D eigenvalue weighted by atomic mass is 10.1. The summed E-state index contributed by atoms with van der Waals surface area (Å²) in [6, 6.07) is 3.79. The Hall–Kier alpha value is -2.36. The van der Waals surface area contributed by atoms with Gasteiger partial charge in [0.15, 0.2) is 5.69 Å². The first-order chi connectivity index (χ1) is 11.5. The van der Waals surface area contributed by atoms with E-state index >= 15 is 0 Å². The lowest BCUT2D eigenvalue weighted by Crippen LogP contribution is -2.37. The molecule has 7 nitrogen and oxygen atoms in total. The zero-order valence-electron chi connectivity index (χ0n) is 14.2. The Morgan fingerprint density at radius 3 is 2.96 bits per heavy atom. The van der Waals surface area contributed by atoms with Gasteiger partial charge in [0.2, 0.25) is 11.8 Å². The summed E-state index contributed by atoms with van der Waals surface area (Å²) in [5.74, 6) is 0.275. The number of carbonyl (C=O) groups is 2. The highest BCUT2D eigenvalue weighted by atomic mass is 16.2. The van der Waals surface area contributed by atoms with Gasteiger partial charge >= 0.3 is 0 Å². The molecular weight excluding hydrogens is 306 g/mol. The topological polar surface area (TPSA) is 82.2 Å². The van der Waals surface area contributed by atoms with Gasteiger partial charge < -0.3 is 9.80 Å². The zero-order valence-corrected chi connectivity index (χ0v) is 14.2. The van der Waals surface area contributed by atoms with Crippen molar-refractivity contribution in [3.63, 3.8) is 0 Å². The number of amides is 2. The first-order valence-electron chi connectivity index (χ1n) is 8.51. The SMILES string of the molecule is CC(C)CN1CC(C(=O)N2CCCn3nc(C#N)cc3C2)CC1=O. The van der Waals surface area contributed by atoms with Gasteiger partial charge in [0.05, 0.1) is 18.2 Å². The molecule has 0 aromatic carbocycles. The maximum Gasteiger partial charge on any atom is 0.228 e. The van der Waals surface area contributed by atoms with Crippen LogP contribution in [0.5, 0.6) is 0 Å². The van der Waals surface area contributed by atoms with Crippen LogP contribution in [0.15, 0.2) is 6.07 Å². The molecule has 24 heavy (non-hydrogen) atoms. The molecule has 3 heterocycles. The molecule has 128 valence electrons. The minimum Gasteiger partial charge on any atom is -0.342 e. The summed E-state index contributed by atoms with van der Waals surface area (Å²) >= 11 is 0. The molecule has 1 atom stereocenters. The number of likely N-dealkylation sites (tertiary alicyclic amines) is 1. The molecule has 2 amide bonds. The summed E-state index contributed by atoms with van der Waals surface area (Å²) in [4.78, 5) is 28.6. The van der Waals surface area contributed by atoms with Crippen molar-refractivity contribution in [3.8, 4) is 6.07 Å². The quantitative estimate of drug-likeness (QED) is 0.828. The van der Waals surface area contributed by atoms with Crippen LogP contribution >= 0.6 is 0 Å². The Bertz CT molecular complexity index is 688. The lowest BCUT2D eigenvalue weighted by molar-refractivity contribution is -0.136. The second kappa shape index (κ2) is 6.63. The van der Waals surface area contributed by atoms with Gasteiger partial charge in [-0.2, -0.15) is 10.4 Å². The fraction of sp³-hybridized carbons (Fsp3) is 0.647. The van der Waals surface area contributed by atoms with Gasteiger partial charge in [0.1, 0.15) is 6.07 Å². The molecule has 1 fully saturated rings. The Kier molecular flexibility index (Phi) is 4.56. The molecule has 1 aromatic heterocycles. The van der Waals surface area contributed by atoms with Crippen molar-refractivity contribution >= 4 is 11.8 Å². The third-order valence-electron chi connectivity index (χ3n) is 4.59. The summed E-state index contributed by atoms with van der Waals surface area (Å²) < 4.78 is 1.82. The van der Waals surface area contributed by atoms with E-state index in [9.17, 15) is 9.59 Å². The first-order valence-corrected chi connectivity index (χ1v) is 8.51. The summed E-state index contributed by atoms with van der Waals surface area (Å²) in [6.45, 7) is 7.22. The average molecular weight is 329 g/mol. The van der Waals surface area contributed by atoms with Crippen LogP contribution in [0.3, 0.4) is 0 Å². The van der Waals surface area contributed by atoms with Crippen LogP contribution in [-0.4, -0.2) is 51.0 Å². The van der Waals surface area contributed by atoms with Crippen molar-refractivity contribution in [2.24, 2.45) is 11.8 Å². The minimum absolute atomic E-state index is 0.0442. The molecule has 0 spiro atoms. The molecule has 0 bridgehead atoms. The maximum absolute atomic E-state index is 12.9. The minimum atomic E-state index is -0.249. The summed E-state index contributed by atoms with van der Waals surface area (Å²) in [7, 11) is 0. The molecule has 0 aliphatic carbocycles. The standard InChI is InChI=1S/C17H23N5O2/c1-12(2)9-21-10-13(6-16(21)23)17(24)20-4-3-5-22-15(11-20)7-14(8-18)19-22/h7,12-13H,3-6,9-11H2,1-2H3. The Morgan fingerprint density at radius 2 is 2.25 bits per heavy atom. The number of hydrogen-bond donors (Lipinski definition) is 0. The van der Waals surface area contributed by atoms with Crippen LogP contribution in [0.1, 0.15) is 38.1 Å². The van der Waals surface area contributed by atoms with Gasteiger partial charge in [0.25, 0.3) is 0 Å². The second-order valence-corrected chi connectivity index (χ2v) is 7.06. The van der Waals surface area contributed by atoms with Crippen LogP contribution in [0.2, 0.25) is 0 Å². The predicted octanol–water partition coefficient (Wildman–Crippen LogP) is 0.992. The second-order valence-electron chi connectivity index (χ2n) is 7.06. The number of aryl methyl sites for hydroxylation is 1. The number of aromatic nitrogens is 2. The Morgan fingerprint density at radius 1 is 1.46 bits per heavy atom. The van der Waals surface area contributed by atoms with Crippen LogP contribution in [0.25, 0.3) is 0 Å². The Labute approximate surface area is 141 Å². The van der Waals surface area contributed by atoms with Gasteiger partial charge in [-0.05, 0) is 18.4 Å². The van der Waals surface area contributed by atoms with E-state index in [1.165, 1.54) is 0 Å². The third kappa shape index (κ3) is 3.28. The highest BCUT2D eigenvalue weighted by Gasteiger charge is 2.37. The molecule has 7 heteroatoms. The van der Waals surface area contributed by atoms with E-state index in [4.69, 9.17) is 5.26 Å². The van der Waals surface area contributed by atoms with E-state index in [-0.39, 0.29) is 17.7 Å². The molecule has 1 aromatic rings. The van der Waals surface area contributed by atoms with Gasteiger partial charge in [-0.25, -0.2) is 0 Å². The largest absolute Gasteiger partial charge is 0.342 e. The summed E-state index contributed by atoms with van der Waals surface area (Å²) in [6.07, 6.45) is 1.12. The smallest absolute Gasteiger partial charge is 0.228 e. The normalized spacial score (nSPS) is 20.9. The number of rotatable bonds is 3.